The van der Waals surface area contributed by atoms with Crippen LogP contribution in [-0.2, 0) is 14.6 Å². The number of nitrogens with zero attached hydrogens (tertiary/aromatic N) is 3. The molecule has 0 unspecified atom stereocenters. The van der Waals surface area contributed by atoms with Gasteiger partial charge in [-0.15, -0.1) is 0 Å². The lowest BCUT2D eigenvalue weighted by Crippen LogP contribution is -2.22. The van der Waals surface area contributed by atoms with Crippen LogP contribution in [0.2, 0.25) is 0 Å². The number of aromatic nitrogens is 3. The molecule has 4 heterocycles. The number of pyridine rings is 3. The van der Waals surface area contributed by atoms with E-state index in [1.807, 2.05) is 12.1 Å². The number of amides is 1. The van der Waals surface area contributed by atoms with E-state index in [1.165, 1.54) is 6.92 Å². The summed E-state index contributed by atoms with van der Waals surface area (Å²) >= 11 is 0. The molecule has 2 N–H and O–H groups in total. The first-order valence-electron chi connectivity index (χ1n) is 8.75. The van der Waals surface area contributed by atoms with Gasteiger partial charge in [0, 0.05) is 30.9 Å². The summed E-state index contributed by atoms with van der Waals surface area (Å²) in [6.07, 6.45) is 3.23. The van der Waals surface area contributed by atoms with E-state index >= 15 is 0 Å². The number of fused-ring (bicyclic) bond motifs is 1. The first-order valence-corrected chi connectivity index (χ1v) is 10.4. The van der Waals surface area contributed by atoms with Gasteiger partial charge >= 0.3 is 0 Å². The van der Waals surface area contributed by atoms with Crippen LogP contribution in [0.15, 0.2) is 53.8 Å². The van der Waals surface area contributed by atoms with E-state index in [0.717, 1.165) is 0 Å². The molecule has 0 saturated heterocycles. The number of sulfone groups is 1. The first-order chi connectivity index (χ1) is 13.9. The monoisotopic (exact) mass is 411 g/mol. The van der Waals surface area contributed by atoms with Crippen molar-refractivity contribution < 1.29 is 17.9 Å². The molecule has 9 nitrogen and oxygen atoms in total. The van der Waals surface area contributed by atoms with Gasteiger partial charge in [-0.2, -0.15) is 0 Å². The molecule has 0 radical (unpaired) electrons. The molecule has 10 heteroatoms. The smallest absolute Gasteiger partial charge is 0.222 e. The Labute approximate surface area is 167 Å². The van der Waals surface area contributed by atoms with Crippen molar-refractivity contribution in [3.05, 3.63) is 48.8 Å². The van der Waals surface area contributed by atoms with Crippen molar-refractivity contribution in [2.45, 2.75) is 11.9 Å². The number of rotatable bonds is 4. The Bertz CT molecular complexity index is 1180. The molecule has 29 heavy (non-hydrogen) atoms. The van der Waals surface area contributed by atoms with Crippen LogP contribution < -0.4 is 15.4 Å². The van der Waals surface area contributed by atoms with E-state index in [1.54, 1.807) is 36.7 Å². The zero-order valence-electron chi connectivity index (χ0n) is 15.4. The van der Waals surface area contributed by atoms with Crippen molar-refractivity contribution in [3.8, 4) is 17.0 Å². The van der Waals surface area contributed by atoms with Crippen molar-refractivity contribution in [2.75, 3.05) is 23.0 Å². The molecule has 0 atom stereocenters. The van der Waals surface area contributed by atoms with Gasteiger partial charge in [0.1, 0.15) is 18.2 Å². The Hall–Kier alpha value is -3.53. The SMILES string of the molecule is CC(=O)Nc1cc(Nc2ccc3c(n2)S(=O)(=O)CCO3)c(-c2ccccn2)cn1. The third kappa shape index (κ3) is 4.02. The van der Waals surface area contributed by atoms with Crippen LogP contribution in [0.3, 0.4) is 0 Å². The maximum absolute atomic E-state index is 12.3. The lowest BCUT2D eigenvalue weighted by atomic mass is 10.1. The number of nitrogens with one attached hydrogen (secondary N) is 2. The summed E-state index contributed by atoms with van der Waals surface area (Å²) in [6.45, 7) is 1.50. The molecule has 4 rings (SSSR count). The van der Waals surface area contributed by atoms with Gasteiger partial charge in [0.2, 0.25) is 15.7 Å². The number of ether oxygens (including phenoxy) is 1. The zero-order valence-corrected chi connectivity index (χ0v) is 16.2. The van der Waals surface area contributed by atoms with E-state index in [9.17, 15) is 13.2 Å². The van der Waals surface area contributed by atoms with Gasteiger partial charge in [0.15, 0.2) is 10.8 Å². The fraction of sp³-hybridized carbons (Fsp3) is 0.158. The third-order valence-corrected chi connectivity index (χ3v) is 5.73. The highest BCUT2D eigenvalue weighted by Gasteiger charge is 2.27. The number of hydrogen-bond donors (Lipinski definition) is 2. The number of anilines is 3. The highest BCUT2D eigenvalue weighted by Crippen LogP contribution is 2.33. The number of hydrogen-bond acceptors (Lipinski definition) is 8. The minimum absolute atomic E-state index is 0.0933. The highest BCUT2D eigenvalue weighted by atomic mass is 32.2. The molecular weight excluding hydrogens is 394 g/mol. The second kappa shape index (κ2) is 7.47. The van der Waals surface area contributed by atoms with E-state index in [2.05, 4.69) is 25.6 Å². The Morgan fingerprint density at radius 2 is 2.00 bits per heavy atom. The molecule has 1 aliphatic heterocycles. The number of carbonyl (C=O) groups excluding carboxylic acids is 1. The largest absolute Gasteiger partial charge is 0.489 e. The molecule has 1 aliphatic rings. The molecule has 148 valence electrons. The summed E-state index contributed by atoms with van der Waals surface area (Å²) in [6, 6.07) is 10.3. The Balaban J connectivity index is 1.76. The van der Waals surface area contributed by atoms with Crippen LogP contribution in [0.4, 0.5) is 17.3 Å². The molecule has 0 saturated carbocycles. The van der Waals surface area contributed by atoms with Crippen molar-refractivity contribution in [1.82, 2.24) is 15.0 Å². The fourth-order valence-electron chi connectivity index (χ4n) is 2.86. The second-order valence-corrected chi connectivity index (χ2v) is 8.33. The van der Waals surface area contributed by atoms with Gasteiger partial charge in [-0.3, -0.25) is 9.78 Å². The maximum Gasteiger partial charge on any atom is 0.222 e. The van der Waals surface area contributed by atoms with Gasteiger partial charge < -0.3 is 15.4 Å². The predicted molar refractivity (Wildman–Crippen MR) is 107 cm³/mol. The molecular formula is C19H17N5O4S. The average Bonchev–Trinajstić information content (AvgIpc) is 2.69. The molecule has 3 aromatic heterocycles. The summed E-state index contributed by atoms with van der Waals surface area (Å²) in [4.78, 5) is 24.2. The van der Waals surface area contributed by atoms with Gasteiger partial charge in [0.25, 0.3) is 0 Å². The highest BCUT2D eigenvalue weighted by molar-refractivity contribution is 7.91. The topological polar surface area (TPSA) is 123 Å². The van der Waals surface area contributed by atoms with Crippen LogP contribution in [0.25, 0.3) is 11.3 Å². The first kappa shape index (κ1) is 18.8. The fourth-order valence-corrected chi connectivity index (χ4v) is 4.03. The van der Waals surface area contributed by atoms with Crippen molar-refractivity contribution >= 4 is 33.1 Å². The van der Waals surface area contributed by atoms with E-state index in [4.69, 9.17) is 4.74 Å². The molecule has 0 bridgehead atoms. The quantitative estimate of drug-likeness (QED) is 0.671. The van der Waals surface area contributed by atoms with Crippen molar-refractivity contribution in [3.63, 3.8) is 0 Å². The Kier molecular flexibility index (Phi) is 4.85. The van der Waals surface area contributed by atoms with Gasteiger partial charge in [-0.05, 0) is 24.3 Å². The van der Waals surface area contributed by atoms with Crippen molar-refractivity contribution in [2.24, 2.45) is 0 Å². The predicted octanol–water partition coefficient (Wildman–Crippen LogP) is 2.41. The van der Waals surface area contributed by atoms with Gasteiger partial charge in [-0.25, -0.2) is 18.4 Å². The van der Waals surface area contributed by atoms with Crippen LogP contribution in [0.1, 0.15) is 6.92 Å². The lowest BCUT2D eigenvalue weighted by Gasteiger charge is -2.18. The van der Waals surface area contributed by atoms with E-state index in [0.29, 0.717) is 28.6 Å². The van der Waals surface area contributed by atoms with Crippen LogP contribution in [-0.4, -0.2) is 41.6 Å². The van der Waals surface area contributed by atoms with Crippen LogP contribution in [0.5, 0.6) is 5.75 Å². The van der Waals surface area contributed by atoms with E-state index in [-0.39, 0.29) is 29.0 Å². The van der Waals surface area contributed by atoms with Crippen LogP contribution >= 0.6 is 0 Å². The Morgan fingerprint density at radius 3 is 2.76 bits per heavy atom. The third-order valence-electron chi connectivity index (χ3n) is 4.14. The number of carbonyl (C=O) groups is 1. The summed E-state index contributed by atoms with van der Waals surface area (Å²) in [5, 5.41) is 5.64. The van der Waals surface area contributed by atoms with E-state index < -0.39 is 9.84 Å². The minimum atomic E-state index is -3.50. The van der Waals surface area contributed by atoms with Gasteiger partial charge in [-0.1, -0.05) is 6.07 Å². The molecule has 1 amide bonds. The molecule has 0 aliphatic carbocycles. The lowest BCUT2D eigenvalue weighted by molar-refractivity contribution is -0.114. The van der Waals surface area contributed by atoms with Crippen LogP contribution in [0, 0.1) is 0 Å². The summed E-state index contributed by atoms with van der Waals surface area (Å²) < 4.78 is 30.0. The maximum atomic E-state index is 12.3. The molecule has 0 aromatic carbocycles. The molecule has 0 spiro atoms. The molecule has 0 fully saturated rings. The second-order valence-electron chi connectivity index (χ2n) is 6.30. The standard InChI is InChI=1S/C19H17N5O4S/c1-12(25)22-18-10-15(13(11-21-18)14-4-2-3-7-20-14)23-17-6-5-16-19(24-17)29(26,27)9-8-28-16/h2-7,10-11H,8-9H2,1H3,(H2,21,22,23,24,25). The molecule has 3 aromatic rings. The minimum Gasteiger partial charge on any atom is -0.489 e. The van der Waals surface area contributed by atoms with Gasteiger partial charge in [0.05, 0.1) is 17.1 Å². The summed E-state index contributed by atoms with van der Waals surface area (Å²) in [5.41, 5.74) is 1.88. The normalized spacial score (nSPS) is 14.4. The summed E-state index contributed by atoms with van der Waals surface area (Å²) in [7, 11) is -3.50. The average molecular weight is 411 g/mol. The van der Waals surface area contributed by atoms with Crippen molar-refractivity contribution in [1.29, 1.82) is 0 Å². The zero-order chi connectivity index (χ0) is 20.4. The summed E-state index contributed by atoms with van der Waals surface area (Å²) in [5.74, 6) is 0.519. The Morgan fingerprint density at radius 1 is 1.14 bits per heavy atom.